The molecule has 2 amide bonds. The molecule has 1 aromatic heterocycles. The molecule has 0 unspecified atom stereocenters. The van der Waals surface area contributed by atoms with Gasteiger partial charge in [-0.3, -0.25) is 14.5 Å². The topological polar surface area (TPSA) is 78.7 Å². The van der Waals surface area contributed by atoms with E-state index in [0.717, 1.165) is 12.1 Å². The van der Waals surface area contributed by atoms with Gasteiger partial charge in [0.1, 0.15) is 5.00 Å². The summed E-state index contributed by atoms with van der Waals surface area (Å²) in [5, 5.41) is 4.77. The number of piperazine rings is 1. The quantitative estimate of drug-likeness (QED) is 0.792. The van der Waals surface area contributed by atoms with E-state index in [1.165, 1.54) is 17.4 Å². The summed E-state index contributed by atoms with van der Waals surface area (Å²) in [4.78, 5) is 27.3. The summed E-state index contributed by atoms with van der Waals surface area (Å²) < 4.78 is 38.6. The van der Waals surface area contributed by atoms with Crippen LogP contribution in [-0.4, -0.2) is 49.4 Å². The summed E-state index contributed by atoms with van der Waals surface area (Å²) in [6.45, 7) is 2.24. The largest absolute Gasteiger partial charge is 0.416 e. The highest BCUT2D eigenvalue weighted by molar-refractivity contribution is 7.14. The van der Waals surface area contributed by atoms with Crippen molar-refractivity contribution >= 4 is 33.8 Å². The van der Waals surface area contributed by atoms with E-state index in [9.17, 15) is 22.8 Å². The highest BCUT2D eigenvalue weighted by Gasteiger charge is 2.31. The van der Waals surface area contributed by atoms with Crippen molar-refractivity contribution in [2.24, 2.45) is 5.73 Å². The predicted octanol–water partition coefficient (Wildman–Crippen LogP) is 2.63. The second-order valence-corrected chi connectivity index (χ2v) is 7.30. The van der Waals surface area contributed by atoms with Crippen LogP contribution in [0, 0.1) is 0 Å². The van der Waals surface area contributed by atoms with Gasteiger partial charge in [0.15, 0.2) is 0 Å². The maximum Gasteiger partial charge on any atom is 0.416 e. The maximum absolute atomic E-state index is 12.9. The van der Waals surface area contributed by atoms with Crippen LogP contribution in [0.2, 0.25) is 0 Å². The molecule has 0 bridgehead atoms. The molecular weight excluding hydrogens is 393 g/mol. The maximum atomic E-state index is 12.9. The normalized spacial score (nSPS) is 15.5. The number of halogens is 3. The number of amides is 2. The molecule has 2 heterocycles. The van der Waals surface area contributed by atoms with Gasteiger partial charge < -0.3 is 16.0 Å². The summed E-state index contributed by atoms with van der Waals surface area (Å²) in [5.41, 5.74) is 5.37. The molecule has 3 rings (SSSR count). The van der Waals surface area contributed by atoms with Gasteiger partial charge in [-0.15, -0.1) is 11.3 Å². The van der Waals surface area contributed by atoms with E-state index < -0.39 is 17.6 Å². The van der Waals surface area contributed by atoms with Crippen molar-refractivity contribution in [3.05, 3.63) is 46.8 Å². The molecule has 1 saturated heterocycles. The number of rotatable bonds is 5. The molecule has 1 fully saturated rings. The van der Waals surface area contributed by atoms with Crippen molar-refractivity contribution in [2.45, 2.75) is 6.18 Å². The number of primary amides is 1. The molecule has 0 aliphatic carbocycles. The molecule has 1 aliphatic rings. The average Bonchev–Trinajstić information content (AvgIpc) is 3.10. The zero-order valence-electron chi connectivity index (χ0n) is 14.8. The number of carbonyl (C=O) groups excluding carboxylic acids is 2. The summed E-state index contributed by atoms with van der Waals surface area (Å²) in [7, 11) is 0. The lowest BCUT2D eigenvalue weighted by molar-refractivity contribution is -0.137. The van der Waals surface area contributed by atoms with E-state index in [4.69, 9.17) is 5.73 Å². The Morgan fingerprint density at radius 2 is 1.86 bits per heavy atom. The Balaban J connectivity index is 1.54. The van der Waals surface area contributed by atoms with E-state index in [-0.39, 0.29) is 18.0 Å². The third-order valence-electron chi connectivity index (χ3n) is 4.46. The van der Waals surface area contributed by atoms with Crippen LogP contribution >= 0.6 is 11.3 Å². The highest BCUT2D eigenvalue weighted by atomic mass is 32.1. The predicted molar refractivity (Wildman–Crippen MR) is 102 cm³/mol. The van der Waals surface area contributed by atoms with E-state index in [2.05, 4.69) is 5.32 Å². The molecule has 0 spiro atoms. The SMILES string of the molecule is NC(=O)c1ccsc1NC(=O)CN1CCN(c2cccc(C(F)(F)F)c2)CC1. The first-order valence-corrected chi connectivity index (χ1v) is 9.44. The van der Waals surface area contributed by atoms with Crippen molar-refractivity contribution in [1.82, 2.24) is 4.90 Å². The van der Waals surface area contributed by atoms with Crippen LogP contribution < -0.4 is 16.0 Å². The van der Waals surface area contributed by atoms with Crippen LogP contribution in [0.5, 0.6) is 0 Å². The summed E-state index contributed by atoms with van der Waals surface area (Å²) >= 11 is 1.22. The summed E-state index contributed by atoms with van der Waals surface area (Å²) in [5.74, 6) is -0.872. The molecule has 10 heteroatoms. The summed E-state index contributed by atoms with van der Waals surface area (Å²) in [6.07, 6.45) is -4.37. The van der Waals surface area contributed by atoms with Gasteiger partial charge in [0.05, 0.1) is 17.7 Å². The molecule has 28 heavy (non-hydrogen) atoms. The van der Waals surface area contributed by atoms with Crippen LogP contribution in [0.4, 0.5) is 23.9 Å². The van der Waals surface area contributed by atoms with Gasteiger partial charge in [-0.05, 0) is 29.6 Å². The van der Waals surface area contributed by atoms with Gasteiger partial charge in [-0.25, -0.2) is 0 Å². The number of nitrogens with one attached hydrogen (secondary N) is 1. The second-order valence-electron chi connectivity index (χ2n) is 6.39. The minimum atomic E-state index is -4.37. The molecule has 0 atom stereocenters. The van der Waals surface area contributed by atoms with Gasteiger partial charge in [-0.1, -0.05) is 6.07 Å². The van der Waals surface area contributed by atoms with Gasteiger partial charge >= 0.3 is 6.18 Å². The third-order valence-corrected chi connectivity index (χ3v) is 5.29. The Morgan fingerprint density at radius 1 is 1.14 bits per heavy atom. The number of anilines is 2. The van der Waals surface area contributed by atoms with Crippen molar-refractivity contribution in [3.8, 4) is 0 Å². The van der Waals surface area contributed by atoms with Crippen LogP contribution in [0.15, 0.2) is 35.7 Å². The number of benzene rings is 1. The van der Waals surface area contributed by atoms with E-state index >= 15 is 0 Å². The first kappa shape index (κ1) is 20.2. The van der Waals surface area contributed by atoms with E-state index in [0.29, 0.717) is 36.9 Å². The number of alkyl halides is 3. The fourth-order valence-corrected chi connectivity index (χ4v) is 3.82. The number of nitrogens with two attached hydrogens (primary N) is 1. The first-order valence-electron chi connectivity index (χ1n) is 8.56. The number of nitrogens with zero attached hydrogens (tertiary/aromatic N) is 2. The standard InChI is InChI=1S/C18H19F3N4O2S/c19-18(20,21)12-2-1-3-13(10-12)25-7-5-24(6-8-25)11-15(26)23-17-14(16(22)27)4-9-28-17/h1-4,9-10H,5-8,11H2,(H2,22,27)(H,23,26). The minimum Gasteiger partial charge on any atom is -0.369 e. The molecule has 0 radical (unpaired) electrons. The Hall–Kier alpha value is -2.59. The van der Waals surface area contributed by atoms with Crippen molar-refractivity contribution in [1.29, 1.82) is 0 Å². The van der Waals surface area contributed by atoms with E-state index in [1.807, 2.05) is 9.80 Å². The van der Waals surface area contributed by atoms with Gasteiger partial charge in [0.2, 0.25) is 5.91 Å². The minimum absolute atomic E-state index is 0.131. The highest BCUT2D eigenvalue weighted by Crippen LogP contribution is 2.32. The zero-order valence-corrected chi connectivity index (χ0v) is 15.6. The lowest BCUT2D eigenvalue weighted by atomic mass is 10.1. The van der Waals surface area contributed by atoms with Gasteiger partial charge in [-0.2, -0.15) is 13.2 Å². The van der Waals surface area contributed by atoms with Crippen molar-refractivity contribution in [2.75, 3.05) is 42.9 Å². The Labute approximate surface area is 163 Å². The molecule has 3 N–H and O–H groups in total. The van der Waals surface area contributed by atoms with Gasteiger partial charge in [0.25, 0.3) is 5.91 Å². The number of thiophene rings is 1. The Kier molecular flexibility index (Phi) is 5.90. The Bertz CT molecular complexity index is 861. The second kappa shape index (κ2) is 8.19. The molecule has 2 aromatic rings. The van der Waals surface area contributed by atoms with Crippen molar-refractivity contribution in [3.63, 3.8) is 0 Å². The molecule has 6 nitrogen and oxygen atoms in total. The lowest BCUT2D eigenvalue weighted by Crippen LogP contribution is -2.48. The van der Waals surface area contributed by atoms with Crippen LogP contribution in [-0.2, 0) is 11.0 Å². The van der Waals surface area contributed by atoms with Crippen LogP contribution in [0.25, 0.3) is 0 Å². The van der Waals surface area contributed by atoms with Gasteiger partial charge in [0, 0.05) is 31.9 Å². The number of carbonyl (C=O) groups is 2. The monoisotopic (exact) mass is 412 g/mol. The lowest BCUT2D eigenvalue weighted by Gasteiger charge is -2.35. The Morgan fingerprint density at radius 3 is 2.50 bits per heavy atom. The third kappa shape index (κ3) is 4.82. The molecule has 1 aliphatic heterocycles. The van der Waals surface area contributed by atoms with Crippen LogP contribution in [0.3, 0.4) is 0 Å². The van der Waals surface area contributed by atoms with Crippen molar-refractivity contribution < 1.29 is 22.8 Å². The average molecular weight is 412 g/mol. The number of hydrogen-bond donors (Lipinski definition) is 2. The van der Waals surface area contributed by atoms with Crippen LogP contribution in [0.1, 0.15) is 15.9 Å². The zero-order chi connectivity index (χ0) is 20.3. The first-order chi connectivity index (χ1) is 13.2. The summed E-state index contributed by atoms with van der Waals surface area (Å²) in [6, 6.07) is 6.80. The molecule has 1 aromatic carbocycles. The molecule has 0 saturated carbocycles. The fraction of sp³-hybridized carbons (Fsp3) is 0.333. The molecular formula is C18H19F3N4O2S. The fourth-order valence-electron chi connectivity index (χ4n) is 3.01. The molecule has 150 valence electrons. The van der Waals surface area contributed by atoms with E-state index in [1.54, 1.807) is 17.5 Å². The smallest absolute Gasteiger partial charge is 0.369 e. The number of hydrogen-bond acceptors (Lipinski definition) is 5.